The molecule has 0 saturated heterocycles. The Labute approximate surface area is 83.5 Å². The summed E-state index contributed by atoms with van der Waals surface area (Å²) in [5, 5.41) is 0. The Morgan fingerprint density at radius 1 is 1.33 bits per heavy atom. The normalized spacial score (nSPS) is 12.2. The summed E-state index contributed by atoms with van der Waals surface area (Å²) >= 11 is 0. The van der Waals surface area contributed by atoms with Crippen LogP contribution >= 0.6 is 0 Å². The fourth-order valence-electron chi connectivity index (χ4n) is 0.492. The van der Waals surface area contributed by atoms with E-state index in [1.807, 2.05) is 12.2 Å². The second-order valence-corrected chi connectivity index (χ2v) is 1.46. The maximum atomic E-state index is 3.74. The van der Waals surface area contributed by atoms with Crippen LogP contribution < -0.4 is 24.8 Å². The van der Waals surface area contributed by atoms with Crippen LogP contribution in [0.25, 0.3) is 0 Å². The molecule has 1 aliphatic rings. The van der Waals surface area contributed by atoms with Crippen molar-refractivity contribution in [2.75, 3.05) is 0 Å². The molecule has 9 heavy (non-hydrogen) atoms. The van der Waals surface area contributed by atoms with Gasteiger partial charge in [-0.25, -0.2) is 18.6 Å². The molecule has 0 aromatic carbocycles. The van der Waals surface area contributed by atoms with E-state index in [-0.39, 0.29) is 46.5 Å². The van der Waals surface area contributed by atoms with Gasteiger partial charge in [-0.1, -0.05) is 0 Å². The second-order valence-electron chi connectivity index (χ2n) is 1.46. The zero-order valence-electron chi connectivity index (χ0n) is 4.90. The third-order valence-corrected chi connectivity index (χ3v) is 0.848. The number of hydrogen-bond acceptors (Lipinski definition) is 0. The van der Waals surface area contributed by atoms with Crippen LogP contribution in [0.1, 0.15) is 6.42 Å². The summed E-state index contributed by atoms with van der Waals surface area (Å²) in [5.74, 6) is 0. The van der Waals surface area contributed by atoms with Crippen molar-refractivity contribution in [3.05, 3.63) is 30.7 Å². The molecule has 1 rings (SSSR count). The molecule has 3 heteroatoms. The summed E-state index contributed by atoms with van der Waals surface area (Å²) in [4.78, 5) is 0. The average molecular weight is 198 g/mol. The molecule has 0 aromatic rings. The van der Waals surface area contributed by atoms with Crippen molar-refractivity contribution in [1.82, 2.24) is 0 Å². The molecule has 0 unspecified atom stereocenters. The fourth-order valence-corrected chi connectivity index (χ4v) is 0.492. The SMILES string of the molecule is [CH2-]C1=CC=CC1.[Cl-].[Cl-].[Ti+3]. The summed E-state index contributed by atoms with van der Waals surface area (Å²) in [6, 6.07) is 0. The van der Waals surface area contributed by atoms with E-state index in [9.17, 15) is 0 Å². The van der Waals surface area contributed by atoms with Crippen LogP contribution in [-0.2, 0) is 21.7 Å². The average Bonchev–Trinajstić information content (AvgIpc) is 1.86. The third kappa shape index (κ3) is 6.53. The smallest absolute Gasteiger partial charge is 1.00 e. The minimum absolute atomic E-state index is 0. The zero-order chi connectivity index (χ0) is 4.41. The minimum Gasteiger partial charge on any atom is -1.00 e. The van der Waals surface area contributed by atoms with Gasteiger partial charge in [0.1, 0.15) is 0 Å². The maximum Gasteiger partial charge on any atom is 3.00 e. The van der Waals surface area contributed by atoms with Crippen LogP contribution in [0.2, 0.25) is 0 Å². The van der Waals surface area contributed by atoms with E-state index in [2.05, 4.69) is 13.0 Å². The second kappa shape index (κ2) is 8.64. The summed E-state index contributed by atoms with van der Waals surface area (Å²) < 4.78 is 0. The van der Waals surface area contributed by atoms with Crippen molar-refractivity contribution in [1.29, 1.82) is 0 Å². The van der Waals surface area contributed by atoms with Gasteiger partial charge in [-0.05, 0) is 6.42 Å². The number of hydrogen-bond donors (Lipinski definition) is 0. The Kier molecular flexibility index (Phi) is 15.7. The number of halogens is 2. The predicted octanol–water partition coefficient (Wildman–Crippen LogP) is -4.29. The monoisotopic (exact) mass is 197 g/mol. The Balaban J connectivity index is -0.000000120. The van der Waals surface area contributed by atoms with Crippen molar-refractivity contribution in [3.63, 3.8) is 0 Å². The van der Waals surface area contributed by atoms with E-state index in [0.29, 0.717) is 0 Å². The van der Waals surface area contributed by atoms with Crippen molar-refractivity contribution >= 4 is 0 Å². The zero-order valence-corrected chi connectivity index (χ0v) is 7.98. The molecule has 0 saturated carbocycles. The van der Waals surface area contributed by atoms with Crippen molar-refractivity contribution in [2.45, 2.75) is 6.42 Å². The molecule has 49 valence electrons. The molecule has 0 spiro atoms. The van der Waals surface area contributed by atoms with Crippen LogP contribution in [-0.4, -0.2) is 0 Å². The van der Waals surface area contributed by atoms with E-state index in [1.54, 1.807) is 0 Å². The summed E-state index contributed by atoms with van der Waals surface area (Å²) in [7, 11) is 0. The van der Waals surface area contributed by atoms with Gasteiger partial charge in [0.05, 0.1) is 0 Å². The minimum atomic E-state index is 0. The van der Waals surface area contributed by atoms with Gasteiger partial charge in [0.2, 0.25) is 0 Å². The molecule has 0 aromatic heterocycles. The van der Waals surface area contributed by atoms with Crippen LogP contribution in [0, 0.1) is 6.92 Å². The first-order valence-corrected chi connectivity index (χ1v) is 2.07. The van der Waals surface area contributed by atoms with Crippen molar-refractivity contribution in [3.8, 4) is 0 Å². The molecule has 0 amide bonds. The fraction of sp³-hybridized carbons (Fsp3) is 0.167. The van der Waals surface area contributed by atoms with Crippen molar-refractivity contribution < 1.29 is 46.5 Å². The molecular formula is C6H7Cl2Ti. The first kappa shape index (κ1) is 16.3. The van der Waals surface area contributed by atoms with E-state index in [1.165, 1.54) is 5.57 Å². The van der Waals surface area contributed by atoms with Crippen LogP contribution in [0.3, 0.4) is 0 Å². The Hall–Kier alpha value is 0.644. The number of allylic oxidation sites excluding steroid dienone is 4. The van der Waals surface area contributed by atoms with E-state index in [0.717, 1.165) is 6.42 Å². The Bertz CT molecular complexity index is 108. The molecule has 0 bridgehead atoms. The van der Waals surface area contributed by atoms with E-state index in [4.69, 9.17) is 0 Å². The predicted molar refractivity (Wildman–Crippen MR) is 27.2 cm³/mol. The summed E-state index contributed by atoms with van der Waals surface area (Å²) in [6.07, 6.45) is 7.21. The van der Waals surface area contributed by atoms with Crippen LogP contribution in [0.15, 0.2) is 23.8 Å². The van der Waals surface area contributed by atoms with Gasteiger partial charge in [0.15, 0.2) is 0 Å². The largest absolute Gasteiger partial charge is 3.00 e. The molecule has 0 aliphatic heterocycles. The van der Waals surface area contributed by atoms with Gasteiger partial charge in [-0.15, -0.1) is 12.2 Å². The first-order chi connectivity index (χ1) is 2.89. The van der Waals surface area contributed by atoms with Gasteiger partial charge in [-0.2, -0.15) is 0 Å². The molecule has 0 N–H and O–H groups in total. The maximum absolute atomic E-state index is 3.74. The van der Waals surface area contributed by atoms with Gasteiger partial charge >= 0.3 is 21.7 Å². The summed E-state index contributed by atoms with van der Waals surface area (Å²) in [6.45, 7) is 3.74. The van der Waals surface area contributed by atoms with E-state index < -0.39 is 0 Å². The quantitative estimate of drug-likeness (QED) is 0.273. The molecule has 0 nitrogen and oxygen atoms in total. The van der Waals surface area contributed by atoms with E-state index >= 15 is 0 Å². The molecule has 1 radical (unpaired) electrons. The Morgan fingerprint density at radius 2 is 1.89 bits per heavy atom. The summed E-state index contributed by atoms with van der Waals surface area (Å²) in [5.41, 5.74) is 1.22. The van der Waals surface area contributed by atoms with Gasteiger partial charge in [0.25, 0.3) is 0 Å². The molecule has 0 heterocycles. The molecule has 0 atom stereocenters. The van der Waals surface area contributed by atoms with Crippen LogP contribution in [0.5, 0.6) is 0 Å². The standard InChI is InChI=1S/C6H7.2ClH.Ti/c1-6-4-2-3-5-6;;;/h2-4H,1,5H2;2*1H;/q-1;;;+3/p-2. The Morgan fingerprint density at radius 3 is 2.00 bits per heavy atom. The van der Waals surface area contributed by atoms with Gasteiger partial charge in [0, 0.05) is 0 Å². The number of rotatable bonds is 0. The molecular weight excluding hydrogens is 191 g/mol. The van der Waals surface area contributed by atoms with Gasteiger partial charge in [-0.3, -0.25) is 0 Å². The topological polar surface area (TPSA) is 0 Å². The molecule has 0 fully saturated rings. The van der Waals surface area contributed by atoms with Crippen molar-refractivity contribution in [2.24, 2.45) is 0 Å². The van der Waals surface area contributed by atoms with Crippen LogP contribution in [0.4, 0.5) is 0 Å². The molecule has 1 aliphatic carbocycles. The first-order valence-electron chi connectivity index (χ1n) is 2.07. The van der Waals surface area contributed by atoms with Gasteiger partial charge < -0.3 is 24.8 Å². The third-order valence-electron chi connectivity index (χ3n) is 0.848.